The lowest BCUT2D eigenvalue weighted by Gasteiger charge is -2.15. The molecule has 3 amide bonds. The van der Waals surface area contributed by atoms with Crippen molar-refractivity contribution in [1.82, 2.24) is 4.31 Å². The smallest absolute Gasteiger partial charge is 0.284 e. The molecule has 84 valence electrons. The number of anilines is 1. The van der Waals surface area contributed by atoms with Gasteiger partial charge in [-0.15, -0.1) is 0 Å². The first-order valence-electron chi connectivity index (χ1n) is 5.06. The normalized spacial score (nSPS) is 16.1. The van der Waals surface area contributed by atoms with Crippen molar-refractivity contribution in [3.63, 3.8) is 0 Å². The lowest BCUT2D eigenvalue weighted by atomic mass is 10.3. The van der Waals surface area contributed by atoms with Gasteiger partial charge in [0.15, 0.2) is 0 Å². The second-order valence-corrected chi connectivity index (χ2v) is 4.51. The predicted molar refractivity (Wildman–Crippen MR) is 64.2 cm³/mol. The fourth-order valence-corrected chi connectivity index (χ4v) is 2.22. The molecule has 0 atom stereocenters. The highest BCUT2D eigenvalue weighted by Gasteiger charge is 2.36. The molecule has 0 radical (unpaired) electrons. The Morgan fingerprint density at radius 3 is 2.56 bits per heavy atom. The summed E-state index contributed by atoms with van der Waals surface area (Å²) in [5.74, 6) is 0.556. The van der Waals surface area contributed by atoms with Crippen LogP contribution < -0.4 is 4.90 Å². The van der Waals surface area contributed by atoms with Crippen LogP contribution >= 0.6 is 11.9 Å². The van der Waals surface area contributed by atoms with Crippen LogP contribution in [0.3, 0.4) is 0 Å². The molecular formula is C11H12N2O2S. The van der Waals surface area contributed by atoms with E-state index in [1.807, 2.05) is 37.3 Å². The molecule has 0 N–H and O–H groups in total. The summed E-state index contributed by atoms with van der Waals surface area (Å²) >= 11 is 1.25. The number of benzene rings is 1. The van der Waals surface area contributed by atoms with E-state index in [4.69, 9.17) is 0 Å². The maximum absolute atomic E-state index is 11.9. The predicted octanol–water partition coefficient (Wildman–Crippen LogP) is 2.12. The van der Waals surface area contributed by atoms with E-state index in [-0.39, 0.29) is 18.5 Å². The zero-order valence-electron chi connectivity index (χ0n) is 8.92. The monoisotopic (exact) mass is 236 g/mol. The summed E-state index contributed by atoms with van der Waals surface area (Å²) in [6, 6.07) is 8.98. The van der Waals surface area contributed by atoms with Crippen molar-refractivity contribution in [3.8, 4) is 0 Å². The molecule has 16 heavy (non-hydrogen) atoms. The van der Waals surface area contributed by atoms with Crippen LogP contribution in [0.5, 0.6) is 0 Å². The molecule has 1 aliphatic rings. The highest BCUT2D eigenvalue weighted by Crippen LogP contribution is 2.25. The van der Waals surface area contributed by atoms with Crippen LogP contribution in [0.25, 0.3) is 0 Å². The van der Waals surface area contributed by atoms with E-state index in [0.717, 1.165) is 5.69 Å². The minimum absolute atomic E-state index is 0.135. The lowest BCUT2D eigenvalue weighted by Crippen LogP contribution is -2.28. The molecule has 4 nitrogen and oxygen atoms in total. The van der Waals surface area contributed by atoms with Crippen LogP contribution in [-0.2, 0) is 4.79 Å². The first kappa shape index (κ1) is 11.0. The lowest BCUT2D eigenvalue weighted by molar-refractivity contribution is -0.121. The minimum atomic E-state index is -0.247. The number of para-hydroxylation sites is 1. The van der Waals surface area contributed by atoms with Crippen molar-refractivity contribution >= 4 is 29.6 Å². The molecule has 1 fully saturated rings. The molecule has 1 saturated heterocycles. The van der Waals surface area contributed by atoms with Gasteiger partial charge in [-0.05, 0) is 24.1 Å². The Morgan fingerprint density at radius 2 is 1.94 bits per heavy atom. The van der Waals surface area contributed by atoms with Gasteiger partial charge in [-0.1, -0.05) is 25.1 Å². The summed E-state index contributed by atoms with van der Waals surface area (Å²) in [6.45, 7) is 2.05. The molecule has 2 rings (SSSR count). The number of amides is 3. The van der Waals surface area contributed by atoms with Gasteiger partial charge in [-0.3, -0.25) is 9.69 Å². The molecule has 0 aromatic heterocycles. The van der Waals surface area contributed by atoms with Crippen LogP contribution in [0.15, 0.2) is 30.3 Å². The summed E-state index contributed by atoms with van der Waals surface area (Å²) in [6.07, 6.45) is 0. The largest absolute Gasteiger partial charge is 0.342 e. The Hall–Kier alpha value is -1.49. The maximum Gasteiger partial charge on any atom is 0.342 e. The zero-order valence-corrected chi connectivity index (χ0v) is 9.74. The van der Waals surface area contributed by atoms with Crippen molar-refractivity contribution in [1.29, 1.82) is 0 Å². The Labute approximate surface area is 98.4 Å². The van der Waals surface area contributed by atoms with Crippen molar-refractivity contribution in [3.05, 3.63) is 30.3 Å². The zero-order chi connectivity index (χ0) is 11.5. The van der Waals surface area contributed by atoms with Crippen molar-refractivity contribution in [2.24, 2.45) is 0 Å². The Morgan fingerprint density at radius 1 is 1.25 bits per heavy atom. The van der Waals surface area contributed by atoms with Crippen molar-refractivity contribution in [2.45, 2.75) is 6.92 Å². The topological polar surface area (TPSA) is 40.6 Å². The standard InChI is InChI=1S/C11H12N2O2S/c1-2-16-13-10(14)8-12(11(13)15)9-6-4-3-5-7-9/h3-7H,2,8H2,1H3. The number of carbonyl (C=O) groups is 2. The van der Waals surface area contributed by atoms with Gasteiger partial charge in [0.1, 0.15) is 6.54 Å². The number of carbonyl (C=O) groups excluding carboxylic acids is 2. The van der Waals surface area contributed by atoms with Gasteiger partial charge in [0, 0.05) is 11.4 Å². The fourth-order valence-electron chi connectivity index (χ4n) is 1.55. The van der Waals surface area contributed by atoms with Crippen LogP contribution in [0, 0.1) is 0 Å². The van der Waals surface area contributed by atoms with Gasteiger partial charge in [0.05, 0.1) is 0 Å². The molecular weight excluding hydrogens is 224 g/mol. The van der Waals surface area contributed by atoms with Crippen LogP contribution in [0.4, 0.5) is 10.5 Å². The van der Waals surface area contributed by atoms with Gasteiger partial charge in [0.25, 0.3) is 5.91 Å². The Kier molecular flexibility index (Phi) is 3.14. The number of rotatable bonds is 3. The van der Waals surface area contributed by atoms with Crippen LogP contribution in [-0.4, -0.2) is 28.5 Å². The number of hydrogen-bond donors (Lipinski definition) is 0. The van der Waals surface area contributed by atoms with E-state index < -0.39 is 0 Å². The second kappa shape index (κ2) is 4.57. The van der Waals surface area contributed by atoms with Crippen molar-refractivity contribution < 1.29 is 9.59 Å². The van der Waals surface area contributed by atoms with Crippen molar-refractivity contribution in [2.75, 3.05) is 17.2 Å². The number of hydrogen-bond acceptors (Lipinski definition) is 3. The highest BCUT2D eigenvalue weighted by molar-refractivity contribution is 7.98. The molecule has 1 aromatic rings. The molecule has 0 unspecified atom stereocenters. The summed E-state index contributed by atoms with van der Waals surface area (Å²) in [4.78, 5) is 25.0. The van der Waals surface area contributed by atoms with Gasteiger partial charge in [0.2, 0.25) is 0 Å². The third-order valence-electron chi connectivity index (χ3n) is 2.25. The van der Waals surface area contributed by atoms with E-state index in [0.29, 0.717) is 5.75 Å². The highest BCUT2D eigenvalue weighted by atomic mass is 32.2. The summed E-state index contributed by atoms with van der Waals surface area (Å²) in [5, 5.41) is 0. The van der Waals surface area contributed by atoms with E-state index in [2.05, 4.69) is 0 Å². The van der Waals surface area contributed by atoms with E-state index in [1.54, 1.807) is 0 Å². The average molecular weight is 236 g/mol. The summed E-state index contributed by atoms with van der Waals surface area (Å²) in [5.41, 5.74) is 0.764. The Bertz CT molecular complexity index is 408. The van der Waals surface area contributed by atoms with Gasteiger partial charge in [-0.25, -0.2) is 9.10 Å². The first-order chi connectivity index (χ1) is 7.74. The molecule has 0 saturated carbocycles. The molecule has 1 aliphatic heterocycles. The summed E-state index contributed by atoms with van der Waals surface area (Å²) < 4.78 is 1.23. The molecule has 0 aliphatic carbocycles. The van der Waals surface area contributed by atoms with Gasteiger partial charge < -0.3 is 0 Å². The second-order valence-electron chi connectivity index (χ2n) is 3.31. The average Bonchev–Trinajstić information content (AvgIpc) is 2.59. The summed E-state index contributed by atoms with van der Waals surface area (Å²) in [7, 11) is 0. The van der Waals surface area contributed by atoms with E-state index in [9.17, 15) is 9.59 Å². The minimum Gasteiger partial charge on any atom is -0.284 e. The third-order valence-corrected chi connectivity index (χ3v) is 3.13. The molecule has 1 aromatic carbocycles. The molecule has 5 heteroatoms. The quantitative estimate of drug-likeness (QED) is 0.596. The maximum atomic E-state index is 11.9. The SMILES string of the molecule is CCSN1C(=O)CN(c2ccccc2)C1=O. The molecule has 1 heterocycles. The van der Waals surface area contributed by atoms with E-state index in [1.165, 1.54) is 21.2 Å². The third kappa shape index (κ3) is 1.90. The van der Waals surface area contributed by atoms with E-state index >= 15 is 0 Å². The fraction of sp³-hybridized carbons (Fsp3) is 0.273. The number of urea groups is 1. The molecule has 0 bridgehead atoms. The number of imide groups is 1. The first-order valence-corrected chi connectivity index (χ1v) is 6.00. The molecule has 0 spiro atoms. The van der Waals surface area contributed by atoms with Crippen LogP contribution in [0.2, 0.25) is 0 Å². The Balaban J connectivity index is 2.21. The number of nitrogens with zero attached hydrogens (tertiary/aromatic N) is 2. The van der Waals surface area contributed by atoms with Crippen LogP contribution in [0.1, 0.15) is 6.92 Å². The van der Waals surface area contributed by atoms with Gasteiger partial charge in [-0.2, -0.15) is 0 Å². The van der Waals surface area contributed by atoms with Gasteiger partial charge >= 0.3 is 6.03 Å².